The van der Waals surface area contributed by atoms with E-state index in [1.165, 1.54) is 24.2 Å². The number of hydrogen-bond donors (Lipinski definition) is 2. The molecule has 0 aromatic carbocycles. The van der Waals surface area contributed by atoms with Crippen LogP contribution < -0.4 is 10.6 Å². The molecule has 2 rings (SSSR count). The number of halogens is 1. The molecule has 2 N–H and O–H groups in total. The Bertz CT molecular complexity index is 388. The molecule has 1 saturated heterocycles. The number of nitrogens with one attached hydrogen (secondary N) is 2. The zero-order chi connectivity index (χ0) is 12.3. The number of piperidine rings is 1. The second-order valence-corrected chi connectivity index (χ2v) is 5.72. The summed E-state index contributed by atoms with van der Waals surface area (Å²) in [5, 5.41) is 8.48. The van der Waals surface area contributed by atoms with Gasteiger partial charge in [0.2, 0.25) is 0 Å². The molecule has 0 spiro atoms. The van der Waals surface area contributed by atoms with Gasteiger partial charge in [-0.15, -0.1) is 23.7 Å². The van der Waals surface area contributed by atoms with Gasteiger partial charge in [-0.3, -0.25) is 4.79 Å². The van der Waals surface area contributed by atoms with Crippen molar-refractivity contribution in [2.75, 3.05) is 13.1 Å². The Balaban J connectivity index is 0.00000162. The van der Waals surface area contributed by atoms with Crippen molar-refractivity contribution in [2.45, 2.75) is 32.7 Å². The van der Waals surface area contributed by atoms with Crippen molar-refractivity contribution in [1.29, 1.82) is 0 Å². The van der Waals surface area contributed by atoms with Crippen molar-refractivity contribution in [3.63, 3.8) is 0 Å². The van der Waals surface area contributed by atoms with Crippen LogP contribution >= 0.6 is 23.7 Å². The van der Waals surface area contributed by atoms with Crippen LogP contribution in [-0.4, -0.2) is 25.0 Å². The second-order valence-electron chi connectivity index (χ2n) is 4.80. The molecule has 0 radical (unpaired) electrons. The predicted molar refractivity (Wildman–Crippen MR) is 78.8 cm³/mol. The maximum absolute atomic E-state index is 12.1. The summed E-state index contributed by atoms with van der Waals surface area (Å²) in [5.41, 5.74) is 1.07. The molecule has 3 nitrogen and oxygen atoms in total. The SMILES string of the molecule is Cc1ccsc1C(=O)NC(C)C1CCCNC1.Cl. The smallest absolute Gasteiger partial charge is 0.261 e. The van der Waals surface area contributed by atoms with Gasteiger partial charge in [0.05, 0.1) is 4.88 Å². The van der Waals surface area contributed by atoms with Gasteiger partial charge < -0.3 is 10.6 Å². The number of rotatable bonds is 3. The average molecular weight is 289 g/mol. The van der Waals surface area contributed by atoms with E-state index in [4.69, 9.17) is 0 Å². The Labute approximate surface area is 119 Å². The molecule has 1 aromatic heterocycles. The molecule has 1 aliphatic rings. The first-order valence-electron chi connectivity index (χ1n) is 6.24. The first-order valence-corrected chi connectivity index (χ1v) is 7.12. The lowest BCUT2D eigenvalue weighted by molar-refractivity contribution is 0.0925. The third kappa shape index (κ3) is 3.70. The van der Waals surface area contributed by atoms with Crippen molar-refractivity contribution in [3.8, 4) is 0 Å². The molecule has 2 unspecified atom stereocenters. The summed E-state index contributed by atoms with van der Waals surface area (Å²) in [7, 11) is 0. The lowest BCUT2D eigenvalue weighted by atomic mass is 9.93. The van der Waals surface area contributed by atoms with Gasteiger partial charge in [0.15, 0.2) is 0 Å². The molecular formula is C13H21ClN2OS. The van der Waals surface area contributed by atoms with Crippen LogP contribution in [0.15, 0.2) is 11.4 Å². The Kier molecular flexibility index (Phi) is 6.12. The molecule has 1 amide bonds. The predicted octanol–water partition coefficient (Wildman–Crippen LogP) is 2.60. The van der Waals surface area contributed by atoms with E-state index in [-0.39, 0.29) is 24.4 Å². The van der Waals surface area contributed by atoms with Gasteiger partial charge >= 0.3 is 0 Å². The van der Waals surface area contributed by atoms with E-state index in [1.54, 1.807) is 0 Å². The molecule has 18 heavy (non-hydrogen) atoms. The molecule has 2 heterocycles. The molecule has 1 aromatic rings. The zero-order valence-electron chi connectivity index (χ0n) is 10.9. The van der Waals surface area contributed by atoms with Gasteiger partial charge in [-0.1, -0.05) is 0 Å². The maximum atomic E-state index is 12.1. The Morgan fingerprint density at radius 3 is 2.94 bits per heavy atom. The lowest BCUT2D eigenvalue weighted by Gasteiger charge is -2.28. The van der Waals surface area contributed by atoms with E-state index < -0.39 is 0 Å². The van der Waals surface area contributed by atoms with Crippen molar-refractivity contribution < 1.29 is 4.79 Å². The quantitative estimate of drug-likeness (QED) is 0.898. The summed E-state index contributed by atoms with van der Waals surface area (Å²) < 4.78 is 0. The van der Waals surface area contributed by atoms with Gasteiger partial charge in [0, 0.05) is 6.04 Å². The number of carbonyl (C=O) groups is 1. The Hall–Kier alpha value is -0.580. The largest absolute Gasteiger partial charge is 0.349 e. The highest BCUT2D eigenvalue weighted by atomic mass is 35.5. The van der Waals surface area contributed by atoms with Crippen molar-refractivity contribution in [3.05, 3.63) is 21.9 Å². The molecule has 102 valence electrons. The minimum absolute atomic E-state index is 0. The average Bonchev–Trinajstić information content (AvgIpc) is 2.76. The number of thiophene rings is 1. The van der Waals surface area contributed by atoms with Crippen molar-refractivity contribution in [1.82, 2.24) is 10.6 Å². The molecule has 1 fully saturated rings. The van der Waals surface area contributed by atoms with E-state index >= 15 is 0 Å². The molecule has 5 heteroatoms. The Morgan fingerprint density at radius 2 is 2.39 bits per heavy atom. The number of aryl methyl sites for hydroxylation is 1. The maximum Gasteiger partial charge on any atom is 0.261 e. The first kappa shape index (κ1) is 15.5. The van der Waals surface area contributed by atoms with Crippen LogP contribution in [0.2, 0.25) is 0 Å². The van der Waals surface area contributed by atoms with Crippen LogP contribution in [0.25, 0.3) is 0 Å². The van der Waals surface area contributed by atoms with Crippen LogP contribution in [0.5, 0.6) is 0 Å². The van der Waals surface area contributed by atoms with Crippen LogP contribution in [0, 0.1) is 12.8 Å². The minimum atomic E-state index is 0. The summed E-state index contributed by atoms with van der Waals surface area (Å²) in [5.74, 6) is 0.642. The van der Waals surface area contributed by atoms with Gasteiger partial charge in [0.1, 0.15) is 0 Å². The van der Waals surface area contributed by atoms with E-state index in [0.29, 0.717) is 5.92 Å². The standard InChI is InChI=1S/C13H20N2OS.ClH/c1-9-5-7-17-12(9)13(16)15-10(2)11-4-3-6-14-8-11;/h5,7,10-11,14H,3-4,6,8H2,1-2H3,(H,15,16);1H. The summed E-state index contributed by atoms with van der Waals surface area (Å²) in [6, 6.07) is 2.24. The normalized spacial score (nSPS) is 20.9. The Morgan fingerprint density at radius 1 is 1.61 bits per heavy atom. The second kappa shape index (κ2) is 7.12. The first-order chi connectivity index (χ1) is 8.18. The topological polar surface area (TPSA) is 41.1 Å². The highest BCUT2D eigenvalue weighted by Crippen LogP contribution is 2.18. The van der Waals surface area contributed by atoms with Crippen molar-refractivity contribution in [2.24, 2.45) is 5.92 Å². The van der Waals surface area contributed by atoms with Crippen LogP contribution in [-0.2, 0) is 0 Å². The third-order valence-electron chi connectivity index (χ3n) is 3.47. The molecule has 2 atom stereocenters. The molecule has 0 bridgehead atoms. The monoisotopic (exact) mass is 288 g/mol. The van der Waals surface area contributed by atoms with Crippen LogP contribution in [0.1, 0.15) is 35.0 Å². The lowest BCUT2D eigenvalue weighted by Crippen LogP contribution is -2.44. The molecule has 1 aliphatic heterocycles. The van der Waals surface area contributed by atoms with Gasteiger partial charge in [-0.05, 0) is 62.7 Å². The molecule has 0 aliphatic carbocycles. The van der Waals surface area contributed by atoms with Crippen molar-refractivity contribution >= 4 is 29.7 Å². The summed E-state index contributed by atoms with van der Waals surface area (Å²) in [6.07, 6.45) is 2.42. The fourth-order valence-corrected chi connectivity index (χ4v) is 3.13. The highest BCUT2D eigenvalue weighted by Gasteiger charge is 2.22. The number of carbonyl (C=O) groups excluding carboxylic acids is 1. The fraction of sp³-hybridized carbons (Fsp3) is 0.615. The summed E-state index contributed by atoms with van der Waals surface area (Å²) in [4.78, 5) is 12.9. The third-order valence-corrected chi connectivity index (χ3v) is 4.48. The minimum Gasteiger partial charge on any atom is -0.349 e. The highest BCUT2D eigenvalue weighted by molar-refractivity contribution is 7.12. The van der Waals surface area contributed by atoms with E-state index in [1.807, 2.05) is 18.4 Å². The van der Waals surface area contributed by atoms with Gasteiger partial charge in [-0.2, -0.15) is 0 Å². The summed E-state index contributed by atoms with van der Waals surface area (Å²) >= 11 is 1.52. The zero-order valence-corrected chi connectivity index (χ0v) is 12.5. The van der Waals surface area contributed by atoms with Gasteiger partial charge in [-0.25, -0.2) is 0 Å². The van der Waals surface area contributed by atoms with E-state index in [9.17, 15) is 4.79 Å². The number of hydrogen-bond acceptors (Lipinski definition) is 3. The number of amides is 1. The molecule has 0 saturated carbocycles. The van der Waals surface area contributed by atoms with Gasteiger partial charge in [0.25, 0.3) is 5.91 Å². The van der Waals surface area contributed by atoms with Crippen LogP contribution in [0.4, 0.5) is 0 Å². The van der Waals surface area contributed by atoms with E-state index in [0.717, 1.165) is 23.5 Å². The molecular weight excluding hydrogens is 268 g/mol. The fourth-order valence-electron chi connectivity index (χ4n) is 2.30. The van der Waals surface area contributed by atoms with Crippen LogP contribution in [0.3, 0.4) is 0 Å². The summed E-state index contributed by atoms with van der Waals surface area (Å²) in [6.45, 7) is 6.23. The van der Waals surface area contributed by atoms with E-state index in [2.05, 4.69) is 17.6 Å².